The van der Waals surface area contributed by atoms with E-state index in [9.17, 15) is 13.6 Å². The van der Waals surface area contributed by atoms with Crippen LogP contribution in [0.2, 0.25) is 0 Å². The number of anilines is 2. The molecule has 1 aromatic heterocycles. The van der Waals surface area contributed by atoms with Gasteiger partial charge in [-0.1, -0.05) is 6.07 Å². The lowest BCUT2D eigenvalue weighted by Gasteiger charge is -2.07. The van der Waals surface area contributed by atoms with E-state index >= 15 is 0 Å². The van der Waals surface area contributed by atoms with Crippen molar-refractivity contribution in [3.63, 3.8) is 0 Å². The summed E-state index contributed by atoms with van der Waals surface area (Å²) in [5.41, 5.74) is 5.37. The first-order valence-corrected chi connectivity index (χ1v) is 5.04. The third kappa shape index (κ3) is 2.42. The number of nitrogens with zero attached hydrogens (tertiary/aromatic N) is 1. The minimum Gasteiger partial charge on any atom is -0.397 e. The lowest BCUT2D eigenvalue weighted by molar-refractivity contribution is 0.102. The number of carbonyl (C=O) groups excluding carboxylic acids is 1. The second-order valence-electron chi connectivity index (χ2n) is 3.56. The molecule has 0 saturated carbocycles. The van der Waals surface area contributed by atoms with E-state index in [1.807, 2.05) is 0 Å². The lowest BCUT2D eigenvalue weighted by Crippen LogP contribution is -2.14. The molecule has 1 amide bonds. The highest BCUT2D eigenvalue weighted by atomic mass is 19.1. The van der Waals surface area contributed by atoms with Crippen LogP contribution in [0.25, 0.3) is 0 Å². The molecule has 2 aromatic rings. The fourth-order valence-corrected chi connectivity index (χ4v) is 1.38. The second kappa shape index (κ2) is 4.79. The molecule has 1 aromatic carbocycles. The van der Waals surface area contributed by atoms with Gasteiger partial charge in [-0.25, -0.2) is 8.78 Å². The van der Waals surface area contributed by atoms with Gasteiger partial charge < -0.3 is 11.1 Å². The molecule has 0 unspecified atom stereocenters. The number of carbonyl (C=O) groups is 1. The Morgan fingerprint density at radius 1 is 1.22 bits per heavy atom. The van der Waals surface area contributed by atoms with E-state index in [-0.39, 0.29) is 11.3 Å². The minimum absolute atomic E-state index is 0.123. The smallest absolute Gasteiger partial charge is 0.257 e. The van der Waals surface area contributed by atoms with Gasteiger partial charge in [-0.05, 0) is 18.2 Å². The maximum absolute atomic E-state index is 13.3. The van der Waals surface area contributed by atoms with Crippen LogP contribution in [-0.2, 0) is 0 Å². The summed E-state index contributed by atoms with van der Waals surface area (Å²) in [5.74, 6) is -2.38. The van der Waals surface area contributed by atoms with Crippen LogP contribution in [0.3, 0.4) is 0 Å². The van der Waals surface area contributed by atoms with Crippen molar-refractivity contribution in [2.24, 2.45) is 0 Å². The molecule has 0 fully saturated rings. The van der Waals surface area contributed by atoms with E-state index in [0.29, 0.717) is 0 Å². The summed E-state index contributed by atoms with van der Waals surface area (Å²) in [6.07, 6.45) is 2.62. The fraction of sp³-hybridized carbons (Fsp3) is 0. The molecule has 2 rings (SSSR count). The molecule has 0 saturated heterocycles. The lowest BCUT2D eigenvalue weighted by atomic mass is 10.2. The topological polar surface area (TPSA) is 68.0 Å². The highest BCUT2D eigenvalue weighted by Gasteiger charge is 2.13. The Balaban J connectivity index is 2.27. The van der Waals surface area contributed by atoms with Crippen LogP contribution in [0.15, 0.2) is 36.7 Å². The van der Waals surface area contributed by atoms with Gasteiger partial charge in [0.1, 0.15) is 17.3 Å². The maximum atomic E-state index is 13.3. The molecule has 0 radical (unpaired) electrons. The molecule has 0 aliphatic heterocycles. The Hall–Kier alpha value is -2.50. The standard InChI is InChI=1S/C12H9F2N3O/c13-9-2-1-3-10(14)11(9)17-12(18)7-4-8(15)6-16-5-7/h1-6H,15H2,(H,17,18). The molecule has 3 N–H and O–H groups in total. The van der Waals surface area contributed by atoms with Crippen LogP contribution >= 0.6 is 0 Å². The average Bonchev–Trinajstić information content (AvgIpc) is 2.34. The zero-order chi connectivity index (χ0) is 13.1. The molecule has 0 atom stereocenters. The van der Waals surface area contributed by atoms with Gasteiger partial charge in [0.15, 0.2) is 0 Å². The Morgan fingerprint density at radius 2 is 1.89 bits per heavy atom. The van der Waals surface area contributed by atoms with Gasteiger partial charge in [0.2, 0.25) is 0 Å². The predicted molar refractivity (Wildman–Crippen MR) is 63.0 cm³/mol. The molecular formula is C12H9F2N3O. The van der Waals surface area contributed by atoms with E-state index in [1.165, 1.54) is 24.5 Å². The van der Waals surface area contributed by atoms with Gasteiger partial charge in [-0.15, -0.1) is 0 Å². The molecule has 0 aliphatic rings. The van der Waals surface area contributed by atoms with Crippen LogP contribution in [-0.4, -0.2) is 10.9 Å². The van der Waals surface area contributed by atoms with Gasteiger partial charge in [0, 0.05) is 12.4 Å². The Morgan fingerprint density at radius 3 is 2.50 bits per heavy atom. The van der Waals surface area contributed by atoms with Crippen LogP contribution in [0.1, 0.15) is 10.4 Å². The first-order valence-electron chi connectivity index (χ1n) is 5.04. The number of benzene rings is 1. The third-order valence-electron chi connectivity index (χ3n) is 2.22. The molecule has 92 valence electrons. The summed E-state index contributed by atoms with van der Waals surface area (Å²) in [7, 11) is 0. The van der Waals surface area contributed by atoms with Gasteiger partial charge in [-0.3, -0.25) is 9.78 Å². The van der Waals surface area contributed by atoms with E-state index in [2.05, 4.69) is 10.3 Å². The van der Waals surface area contributed by atoms with Crippen molar-refractivity contribution in [2.75, 3.05) is 11.1 Å². The Bertz CT molecular complexity index is 581. The molecule has 4 nitrogen and oxygen atoms in total. The van der Waals surface area contributed by atoms with Gasteiger partial charge in [0.25, 0.3) is 5.91 Å². The number of rotatable bonds is 2. The van der Waals surface area contributed by atoms with Crippen molar-refractivity contribution in [1.82, 2.24) is 4.98 Å². The number of hydrogen-bond acceptors (Lipinski definition) is 3. The van der Waals surface area contributed by atoms with E-state index < -0.39 is 23.2 Å². The number of nitrogens with one attached hydrogen (secondary N) is 1. The summed E-state index contributed by atoms with van der Waals surface area (Å²) in [5, 5.41) is 2.14. The summed E-state index contributed by atoms with van der Waals surface area (Å²) in [6, 6.07) is 4.68. The monoisotopic (exact) mass is 249 g/mol. The van der Waals surface area contributed by atoms with Crippen molar-refractivity contribution >= 4 is 17.3 Å². The van der Waals surface area contributed by atoms with Crippen molar-refractivity contribution in [3.05, 3.63) is 53.9 Å². The summed E-state index contributed by atoms with van der Waals surface area (Å²) >= 11 is 0. The summed E-state index contributed by atoms with van der Waals surface area (Å²) in [4.78, 5) is 15.4. The quantitative estimate of drug-likeness (QED) is 0.857. The van der Waals surface area contributed by atoms with Crippen LogP contribution in [0.5, 0.6) is 0 Å². The Labute approximate surface area is 101 Å². The number of pyridine rings is 1. The SMILES string of the molecule is Nc1cncc(C(=O)Nc2c(F)cccc2F)c1. The number of nitrogen functional groups attached to an aromatic ring is 1. The number of para-hydroxylation sites is 1. The third-order valence-corrected chi connectivity index (χ3v) is 2.22. The first kappa shape index (κ1) is 12.0. The first-order chi connectivity index (χ1) is 8.58. The molecule has 0 aliphatic carbocycles. The van der Waals surface area contributed by atoms with E-state index in [0.717, 1.165) is 12.1 Å². The zero-order valence-corrected chi connectivity index (χ0v) is 9.15. The second-order valence-corrected chi connectivity index (χ2v) is 3.56. The van der Waals surface area contributed by atoms with Gasteiger partial charge in [0.05, 0.1) is 11.3 Å². The van der Waals surface area contributed by atoms with Crippen molar-refractivity contribution in [2.45, 2.75) is 0 Å². The van der Waals surface area contributed by atoms with Crippen LogP contribution in [0.4, 0.5) is 20.2 Å². The number of hydrogen-bond donors (Lipinski definition) is 2. The molecule has 0 bridgehead atoms. The maximum Gasteiger partial charge on any atom is 0.257 e. The molecule has 18 heavy (non-hydrogen) atoms. The van der Waals surface area contributed by atoms with Crippen molar-refractivity contribution in [3.8, 4) is 0 Å². The minimum atomic E-state index is -0.847. The van der Waals surface area contributed by atoms with Crippen molar-refractivity contribution in [1.29, 1.82) is 0 Å². The number of amides is 1. The predicted octanol–water partition coefficient (Wildman–Crippen LogP) is 2.19. The molecule has 1 heterocycles. The molecule has 6 heteroatoms. The van der Waals surface area contributed by atoms with E-state index in [1.54, 1.807) is 0 Å². The highest BCUT2D eigenvalue weighted by molar-refractivity contribution is 6.04. The number of halogens is 2. The molecule has 0 spiro atoms. The normalized spacial score (nSPS) is 10.1. The highest BCUT2D eigenvalue weighted by Crippen LogP contribution is 2.19. The van der Waals surface area contributed by atoms with Gasteiger partial charge >= 0.3 is 0 Å². The number of aromatic nitrogens is 1. The Kier molecular flexibility index (Phi) is 3.18. The fourth-order valence-electron chi connectivity index (χ4n) is 1.38. The van der Waals surface area contributed by atoms with Crippen LogP contribution in [0, 0.1) is 11.6 Å². The summed E-state index contributed by atoms with van der Waals surface area (Å²) in [6.45, 7) is 0. The van der Waals surface area contributed by atoms with E-state index in [4.69, 9.17) is 5.73 Å². The zero-order valence-electron chi connectivity index (χ0n) is 9.15. The average molecular weight is 249 g/mol. The largest absolute Gasteiger partial charge is 0.397 e. The summed E-state index contributed by atoms with van der Waals surface area (Å²) < 4.78 is 26.6. The van der Waals surface area contributed by atoms with Crippen LogP contribution < -0.4 is 11.1 Å². The number of nitrogens with two attached hydrogens (primary N) is 1. The van der Waals surface area contributed by atoms with Gasteiger partial charge in [-0.2, -0.15) is 0 Å². The molecular weight excluding hydrogens is 240 g/mol. The van der Waals surface area contributed by atoms with Crippen molar-refractivity contribution < 1.29 is 13.6 Å².